The molecule has 0 fully saturated rings. The van der Waals surface area contributed by atoms with E-state index in [1.807, 2.05) is 16.2 Å². The molecule has 0 saturated heterocycles. The van der Waals surface area contributed by atoms with E-state index >= 15 is 0 Å². The molecule has 0 aromatic heterocycles. The predicted molar refractivity (Wildman–Crippen MR) is 411 cm³/mol. The Kier molecular flexibility index (Phi) is 50.6. The summed E-state index contributed by atoms with van der Waals surface area (Å²) in [6.07, 6.45) is 42.6. The Morgan fingerprint density at radius 2 is 0.296 bits per heavy atom. The van der Waals surface area contributed by atoms with E-state index in [1.54, 1.807) is 204 Å². The molecular formula is C72H164Si5Sn4. The van der Waals surface area contributed by atoms with E-state index in [2.05, 4.69) is 135 Å². The van der Waals surface area contributed by atoms with Gasteiger partial charge in [-0.1, -0.05) is 0 Å². The van der Waals surface area contributed by atoms with Crippen LogP contribution in [0, 0.1) is 0 Å². The molecule has 0 saturated carbocycles. The second-order valence-corrected chi connectivity index (χ2v) is 123. The molecule has 0 amide bonds. The molecule has 0 rings (SSSR count). The van der Waals surface area contributed by atoms with Gasteiger partial charge in [-0.15, -0.1) is 0 Å². The van der Waals surface area contributed by atoms with Crippen molar-refractivity contribution in [2.75, 3.05) is 0 Å². The van der Waals surface area contributed by atoms with Crippen molar-refractivity contribution in [1.29, 1.82) is 0 Å². The normalized spacial score (nSPS) is 13.8. The number of hydrogen-bond acceptors (Lipinski definition) is 0. The summed E-state index contributed by atoms with van der Waals surface area (Å²) < 4.78 is 28.3. The molecule has 0 radical (unpaired) electrons. The number of hydrogen-bond donors (Lipinski definition) is 0. The molecule has 0 aliphatic heterocycles. The van der Waals surface area contributed by atoms with Crippen molar-refractivity contribution in [3.05, 3.63) is 0 Å². The zero-order chi connectivity index (χ0) is 61.3. The van der Waals surface area contributed by atoms with E-state index in [4.69, 9.17) is 0 Å². The Bertz CT molecular complexity index is 1150. The van der Waals surface area contributed by atoms with Gasteiger partial charge in [0.1, 0.15) is 0 Å². The molecule has 0 aromatic carbocycles. The maximum atomic E-state index is 2.98. The molecule has 0 unspecified atom stereocenters. The molecule has 488 valence electrons. The van der Waals surface area contributed by atoms with Crippen molar-refractivity contribution in [3.8, 4) is 0 Å². The predicted octanol–water partition coefficient (Wildman–Crippen LogP) is 29.4. The standard InChI is InChI=1S/C24H56Si5.12C4H9.4Sn/c1-25(2,3)17-13-21-29(22-14-18-26(4,5)6,23-15-19-27(7,8)9)24-16-20-28(10,11)12;12*1-3-4-2;;;;/h1,4,7,10,13-24H2,2-3,5-6,8-9,11-12H3;12*1,3-4H2,2H3;;;;. The van der Waals surface area contributed by atoms with Gasteiger partial charge in [-0.05, 0) is 0 Å². The van der Waals surface area contributed by atoms with Crippen LogP contribution in [0.1, 0.15) is 263 Å². The Morgan fingerprint density at radius 3 is 0.407 bits per heavy atom. The monoisotopic (exact) mass is 1650 g/mol. The molecular weight excluding hydrogens is 1480 g/mol. The molecule has 0 nitrogen and oxygen atoms in total. The molecule has 0 atom stereocenters. The third kappa shape index (κ3) is 39.4. The summed E-state index contributed by atoms with van der Waals surface area (Å²) in [7, 11) is -6.71. The fourth-order valence-corrected chi connectivity index (χ4v) is 180. The van der Waals surface area contributed by atoms with Crippen LogP contribution in [0.5, 0.6) is 0 Å². The Balaban J connectivity index is 7.80. The van der Waals surface area contributed by atoms with Gasteiger partial charge >= 0.3 is 547 Å². The topological polar surface area (TPSA) is 0 Å². The molecule has 0 spiro atoms. The van der Waals surface area contributed by atoms with Crippen molar-refractivity contribution >= 4 is 114 Å². The van der Waals surface area contributed by atoms with Gasteiger partial charge in [0, 0.05) is 0 Å². The zero-order valence-electron chi connectivity index (χ0n) is 61.3. The molecule has 0 aliphatic rings. The average Bonchev–Trinajstić information content (AvgIpc) is 3.41. The average molecular weight is 1650 g/mol. The Morgan fingerprint density at radius 1 is 0.173 bits per heavy atom. The van der Waals surface area contributed by atoms with Gasteiger partial charge in [0.15, 0.2) is 0 Å². The quantitative estimate of drug-likeness (QED) is 0.0533. The minimum atomic E-state index is -2.22. The van der Waals surface area contributed by atoms with Gasteiger partial charge in [-0.3, -0.25) is 0 Å². The summed E-state index contributed by atoms with van der Waals surface area (Å²) in [4.78, 5) is 0. The van der Waals surface area contributed by atoms with E-state index in [0.29, 0.717) is 0 Å². The third-order valence-corrected chi connectivity index (χ3v) is 149. The first kappa shape index (κ1) is 85.3. The Labute approximate surface area is 540 Å². The second-order valence-electron chi connectivity index (χ2n) is 33.5. The van der Waals surface area contributed by atoms with E-state index in [1.165, 1.54) is 77.0 Å². The molecule has 9 heteroatoms. The maximum absolute atomic E-state index is 2.98. The van der Waals surface area contributed by atoms with Crippen LogP contribution in [0.3, 0.4) is 0 Å². The molecule has 0 aliphatic carbocycles. The fourth-order valence-electron chi connectivity index (χ4n) is 18.1. The van der Waals surface area contributed by atoms with Gasteiger partial charge in [0.05, 0.1) is 0 Å². The van der Waals surface area contributed by atoms with Crippen LogP contribution in [0.15, 0.2) is 0 Å². The first-order chi connectivity index (χ1) is 38.4. The molecule has 0 bridgehead atoms. The van der Waals surface area contributed by atoms with Crippen molar-refractivity contribution < 1.29 is 0 Å². The van der Waals surface area contributed by atoms with Gasteiger partial charge in [-0.25, -0.2) is 0 Å². The SMILES string of the molecule is CCC[CH2][Sn]([CH2]CCC)([CH2]CCC)[CH2][Si](C)(C)CCC[Si](CCC[Si](C)(C)[CH2][Sn]([CH2]CCC)([CH2]CCC)[CH2]CCC)(CCC[Si](C)(C)[CH2][Sn]([CH2]CCC)([CH2]CCC)[CH2]CCC)CCC[Si](C)(C)[CH2][Sn]([CH2]CCC)([CH2]CCC)[CH2]CCC. The zero-order valence-corrected chi connectivity index (χ0v) is 77.7. The van der Waals surface area contributed by atoms with E-state index < -0.39 is 114 Å². The van der Waals surface area contributed by atoms with E-state index in [9.17, 15) is 0 Å². The van der Waals surface area contributed by atoms with Crippen LogP contribution < -0.4 is 0 Å². The summed E-state index contributed by atoms with van der Waals surface area (Å²) in [5.74, 6) is 0. The summed E-state index contributed by atoms with van der Waals surface area (Å²) in [5.41, 5.74) is 0. The number of unbranched alkanes of at least 4 members (excludes halogenated alkanes) is 12. The van der Waals surface area contributed by atoms with Crippen LogP contribution in [0.25, 0.3) is 0 Å². The summed E-state index contributed by atoms with van der Waals surface area (Å²) in [6.45, 7) is 54.0. The van der Waals surface area contributed by atoms with Crippen molar-refractivity contribution in [3.63, 3.8) is 0 Å². The van der Waals surface area contributed by atoms with Crippen LogP contribution in [0.4, 0.5) is 0 Å². The first-order valence-corrected chi connectivity index (χ1v) is 87.2. The molecule has 0 N–H and O–H groups in total. The summed E-state index contributed by atoms with van der Waals surface area (Å²) in [6, 6.07) is 13.8. The van der Waals surface area contributed by atoms with Crippen LogP contribution in [-0.2, 0) is 0 Å². The first-order valence-electron chi connectivity index (χ1n) is 38.4. The summed E-state index contributed by atoms with van der Waals surface area (Å²) in [5, 5.41) is 0. The molecule has 0 heterocycles. The van der Waals surface area contributed by atoms with Gasteiger partial charge in [-0.2, -0.15) is 0 Å². The number of rotatable bonds is 60. The molecule has 81 heavy (non-hydrogen) atoms. The van der Waals surface area contributed by atoms with Crippen LogP contribution in [-0.4, -0.2) is 114 Å². The minimum absolute atomic E-state index is 1.30. The second kappa shape index (κ2) is 48.1. The van der Waals surface area contributed by atoms with Gasteiger partial charge in [0.2, 0.25) is 0 Å². The Hall–Kier alpha value is 4.28. The van der Waals surface area contributed by atoms with Crippen LogP contribution in [0.2, 0.25) is 170 Å². The molecule has 0 aromatic rings. The summed E-state index contributed by atoms with van der Waals surface area (Å²) >= 11 is -8.87. The van der Waals surface area contributed by atoms with Gasteiger partial charge in [0.25, 0.3) is 0 Å². The van der Waals surface area contributed by atoms with Crippen LogP contribution >= 0.6 is 0 Å². The van der Waals surface area contributed by atoms with Gasteiger partial charge < -0.3 is 0 Å². The van der Waals surface area contributed by atoms with Crippen molar-refractivity contribution in [2.45, 2.75) is 433 Å². The van der Waals surface area contributed by atoms with Crippen molar-refractivity contribution in [1.82, 2.24) is 0 Å². The fraction of sp³-hybridized carbons (Fsp3) is 1.00. The van der Waals surface area contributed by atoms with E-state index in [-0.39, 0.29) is 0 Å². The third-order valence-electron chi connectivity index (χ3n) is 22.4. The van der Waals surface area contributed by atoms with E-state index in [0.717, 1.165) is 0 Å². The van der Waals surface area contributed by atoms with Crippen molar-refractivity contribution in [2.24, 2.45) is 0 Å².